The third-order valence-electron chi connectivity index (χ3n) is 5.82. The zero-order valence-electron chi connectivity index (χ0n) is 20.7. The zero-order chi connectivity index (χ0) is 25.0. The van der Waals surface area contributed by atoms with Gasteiger partial charge in [0.1, 0.15) is 6.04 Å². The molecule has 0 aliphatic carbocycles. The minimum atomic E-state index is -0.642. The van der Waals surface area contributed by atoms with E-state index in [0.717, 1.165) is 23.1 Å². The van der Waals surface area contributed by atoms with Crippen LogP contribution in [0.3, 0.4) is 0 Å². The highest BCUT2D eigenvalue weighted by Gasteiger charge is 2.30. The second kappa shape index (κ2) is 13.2. The number of hydrogen-bond donors (Lipinski definition) is 1. The van der Waals surface area contributed by atoms with Crippen LogP contribution in [0.15, 0.2) is 78.9 Å². The Morgan fingerprint density at radius 1 is 0.829 bits per heavy atom. The largest absolute Gasteiger partial charge is 0.493 e. The Balaban J connectivity index is 1.94. The average molecular weight is 475 g/mol. The molecule has 0 bridgehead atoms. The molecule has 0 heterocycles. The molecule has 2 amide bonds. The fourth-order valence-electron chi connectivity index (χ4n) is 3.97. The normalized spacial score (nSPS) is 11.4. The summed E-state index contributed by atoms with van der Waals surface area (Å²) in [5, 5.41) is 3.00. The zero-order valence-corrected chi connectivity index (χ0v) is 20.7. The van der Waals surface area contributed by atoms with Crippen LogP contribution in [0.1, 0.15) is 30.0 Å². The first-order valence-corrected chi connectivity index (χ1v) is 11.9. The van der Waals surface area contributed by atoms with Crippen LogP contribution in [0, 0.1) is 0 Å². The van der Waals surface area contributed by atoms with E-state index >= 15 is 0 Å². The molecule has 3 rings (SSSR count). The number of hydrogen-bond acceptors (Lipinski definition) is 4. The fraction of sp³-hybridized carbons (Fsp3) is 0.310. The van der Waals surface area contributed by atoms with Crippen molar-refractivity contribution in [2.24, 2.45) is 0 Å². The van der Waals surface area contributed by atoms with E-state index in [9.17, 15) is 9.59 Å². The number of carbonyl (C=O) groups excluding carboxylic acids is 2. The van der Waals surface area contributed by atoms with E-state index in [4.69, 9.17) is 9.47 Å². The van der Waals surface area contributed by atoms with Crippen molar-refractivity contribution in [3.8, 4) is 11.5 Å². The van der Waals surface area contributed by atoms with Gasteiger partial charge in [0.2, 0.25) is 11.8 Å². The quantitative estimate of drug-likeness (QED) is 0.422. The highest BCUT2D eigenvalue weighted by Crippen LogP contribution is 2.28. The molecule has 35 heavy (non-hydrogen) atoms. The van der Waals surface area contributed by atoms with Gasteiger partial charge in [-0.25, -0.2) is 0 Å². The van der Waals surface area contributed by atoms with Crippen molar-refractivity contribution in [2.45, 2.75) is 38.8 Å². The Morgan fingerprint density at radius 2 is 1.46 bits per heavy atom. The number of nitrogens with one attached hydrogen (secondary N) is 1. The highest BCUT2D eigenvalue weighted by atomic mass is 16.5. The van der Waals surface area contributed by atoms with Gasteiger partial charge in [-0.3, -0.25) is 9.59 Å². The molecule has 3 aromatic carbocycles. The second-order valence-corrected chi connectivity index (χ2v) is 8.37. The van der Waals surface area contributed by atoms with Gasteiger partial charge in [0.05, 0.1) is 20.6 Å². The van der Waals surface area contributed by atoms with Gasteiger partial charge in [0, 0.05) is 19.5 Å². The molecule has 0 aromatic heterocycles. The van der Waals surface area contributed by atoms with Gasteiger partial charge in [0.15, 0.2) is 11.5 Å². The molecule has 1 N–H and O–H groups in total. The lowest BCUT2D eigenvalue weighted by atomic mass is 10.0. The maximum Gasteiger partial charge on any atom is 0.243 e. The summed E-state index contributed by atoms with van der Waals surface area (Å²) in [6.07, 6.45) is 1.39. The summed E-state index contributed by atoms with van der Waals surface area (Å²) in [4.78, 5) is 28.8. The van der Waals surface area contributed by atoms with Crippen LogP contribution >= 0.6 is 0 Å². The second-order valence-electron chi connectivity index (χ2n) is 8.37. The maximum atomic E-state index is 13.8. The molecule has 184 valence electrons. The summed E-state index contributed by atoms with van der Waals surface area (Å²) < 4.78 is 10.7. The summed E-state index contributed by atoms with van der Waals surface area (Å²) >= 11 is 0. The van der Waals surface area contributed by atoms with Gasteiger partial charge in [-0.05, 0) is 35.2 Å². The summed E-state index contributed by atoms with van der Waals surface area (Å²) in [5.74, 6) is 0.889. The lowest BCUT2D eigenvalue weighted by Gasteiger charge is -2.31. The van der Waals surface area contributed by atoms with Crippen molar-refractivity contribution in [3.05, 3.63) is 95.6 Å². The lowest BCUT2D eigenvalue weighted by Crippen LogP contribution is -2.51. The topological polar surface area (TPSA) is 67.9 Å². The number of methoxy groups -OCH3 is 2. The number of ether oxygens (including phenoxy) is 2. The fourth-order valence-corrected chi connectivity index (χ4v) is 3.97. The van der Waals surface area contributed by atoms with Gasteiger partial charge < -0.3 is 19.7 Å². The molecule has 3 aromatic rings. The van der Waals surface area contributed by atoms with Gasteiger partial charge in [-0.1, -0.05) is 73.7 Å². The lowest BCUT2D eigenvalue weighted by molar-refractivity contribution is -0.140. The van der Waals surface area contributed by atoms with Crippen molar-refractivity contribution in [1.29, 1.82) is 0 Å². The highest BCUT2D eigenvalue weighted by molar-refractivity contribution is 5.88. The summed E-state index contributed by atoms with van der Waals surface area (Å²) in [5.41, 5.74) is 2.76. The third-order valence-corrected chi connectivity index (χ3v) is 5.82. The molecule has 0 unspecified atom stereocenters. The van der Waals surface area contributed by atoms with E-state index in [1.54, 1.807) is 31.3 Å². The molecule has 1 atom stereocenters. The predicted molar refractivity (Wildman–Crippen MR) is 137 cm³/mol. The van der Waals surface area contributed by atoms with Crippen molar-refractivity contribution in [3.63, 3.8) is 0 Å². The molecular formula is C29H34N2O4. The van der Waals surface area contributed by atoms with Gasteiger partial charge in [-0.15, -0.1) is 0 Å². The van der Waals surface area contributed by atoms with Gasteiger partial charge in [-0.2, -0.15) is 0 Å². The monoisotopic (exact) mass is 474 g/mol. The van der Waals surface area contributed by atoms with E-state index in [-0.39, 0.29) is 18.2 Å². The number of nitrogens with zero attached hydrogens (tertiary/aromatic N) is 1. The van der Waals surface area contributed by atoms with E-state index in [2.05, 4.69) is 5.32 Å². The maximum absolute atomic E-state index is 13.8. The molecule has 6 heteroatoms. The van der Waals surface area contributed by atoms with Crippen molar-refractivity contribution >= 4 is 11.8 Å². The molecule has 0 saturated heterocycles. The standard InChI is InChI=1S/C29H34N2O4/c1-4-17-30-29(33)25(18-22-11-7-5-8-12-22)31(21-23-13-9-6-10-14-23)28(32)20-24-15-16-26(34-2)27(19-24)35-3/h5-16,19,25H,4,17-18,20-21H2,1-3H3,(H,30,33)/t25-/m0/s1. The molecule has 0 saturated carbocycles. The first-order chi connectivity index (χ1) is 17.0. The molecule has 0 aliphatic heterocycles. The molecule has 0 radical (unpaired) electrons. The number of carbonyl (C=O) groups is 2. The van der Waals surface area contributed by atoms with E-state index in [0.29, 0.717) is 31.0 Å². The van der Waals surface area contributed by atoms with Crippen molar-refractivity contribution in [2.75, 3.05) is 20.8 Å². The summed E-state index contributed by atoms with van der Waals surface area (Å²) in [7, 11) is 3.15. The molecule has 0 fully saturated rings. The van der Waals surface area contributed by atoms with Crippen LogP contribution in [0.25, 0.3) is 0 Å². The van der Waals surface area contributed by atoms with Crippen molar-refractivity contribution < 1.29 is 19.1 Å². The average Bonchev–Trinajstić information content (AvgIpc) is 2.90. The Bertz CT molecular complexity index is 1090. The van der Waals surface area contributed by atoms with E-state index in [1.165, 1.54) is 0 Å². The first-order valence-electron chi connectivity index (χ1n) is 11.9. The Hall–Kier alpha value is -3.80. The Kier molecular flexibility index (Phi) is 9.72. The minimum absolute atomic E-state index is 0.131. The Labute approximate surface area is 207 Å². The minimum Gasteiger partial charge on any atom is -0.493 e. The third kappa shape index (κ3) is 7.34. The van der Waals surface area contributed by atoms with Crippen LogP contribution < -0.4 is 14.8 Å². The number of rotatable bonds is 12. The van der Waals surface area contributed by atoms with Gasteiger partial charge in [0.25, 0.3) is 0 Å². The van der Waals surface area contributed by atoms with E-state index in [1.807, 2.05) is 73.7 Å². The molecular weight excluding hydrogens is 440 g/mol. The van der Waals surface area contributed by atoms with Crippen LogP contribution in [0.2, 0.25) is 0 Å². The number of amides is 2. The van der Waals surface area contributed by atoms with Crippen molar-refractivity contribution in [1.82, 2.24) is 10.2 Å². The van der Waals surface area contributed by atoms with E-state index < -0.39 is 6.04 Å². The smallest absolute Gasteiger partial charge is 0.243 e. The van der Waals surface area contributed by atoms with Gasteiger partial charge >= 0.3 is 0 Å². The van der Waals surface area contributed by atoms with Crippen LogP contribution in [0.4, 0.5) is 0 Å². The summed E-state index contributed by atoms with van der Waals surface area (Å²) in [6, 6.07) is 24.4. The van der Waals surface area contributed by atoms with Crippen LogP contribution in [-0.2, 0) is 29.0 Å². The van der Waals surface area contributed by atoms with Crippen LogP contribution in [-0.4, -0.2) is 43.5 Å². The number of benzene rings is 3. The first kappa shape index (κ1) is 25.8. The molecule has 0 spiro atoms. The SMILES string of the molecule is CCCNC(=O)[C@H](Cc1ccccc1)N(Cc1ccccc1)C(=O)Cc1ccc(OC)c(OC)c1. The predicted octanol–water partition coefficient (Wildman–Crippen LogP) is 4.41. The molecule has 6 nitrogen and oxygen atoms in total. The van der Waals surface area contributed by atoms with Crippen LogP contribution in [0.5, 0.6) is 11.5 Å². The molecule has 0 aliphatic rings. The summed E-state index contributed by atoms with van der Waals surface area (Å²) in [6.45, 7) is 2.91. The Morgan fingerprint density at radius 3 is 2.06 bits per heavy atom.